The van der Waals surface area contributed by atoms with Gasteiger partial charge in [-0.3, -0.25) is 4.79 Å². The molecule has 35 heavy (non-hydrogen) atoms. The number of nitriles is 1. The molecule has 182 valence electrons. The lowest BCUT2D eigenvalue weighted by molar-refractivity contribution is -0.127. The number of hydrogen-bond donors (Lipinski definition) is 0. The Morgan fingerprint density at radius 3 is 2.63 bits per heavy atom. The minimum atomic E-state index is -0.585. The van der Waals surface area contributed by atoms with Crippen molar-refractivity contribution < 1.29 is 4.79 Å². The van der Waals surface area contributed by atoms with E-state index in [1.54, 1.807) is 11.0 Å². The second kappa shape index (κ2) is 11.5. The van der Waals surface area contributed by atoms with Crippen LogP contribution in [0.25, 0.3) is 22.0 Å². The molecule has 1 aliphatic rings. The number of anilines is 1. The van der Waals surface area contributed by atoms with Crippen molar-refractivity contribution >= 4 is 45.8 Å². The largest absolute Gasteiger partial charge is 0.351 e. The second-order valence-electron chi connectivity index (χ2n) is 8.34. The van der Waals surface area contributed by atoms with Crippen LogP contribution in [0.5, 0.6) is 0 Å². The summed E-state index contributed by atoms with van der Waals surface area (Å²) in [7, 11) is 3.87. The van der Waals surface area contributed by atoms with Crippen molar-refractivity contribution in [1.29, 1.82) is 5.26 Å². The van der Waals surface area contributed by atoms with Crippen LogP contribution >= 0.6 is 23.2 Å². The van der Waals surface area contributed by atoms with Crippen molar-refractivity contribution in [2.45, 2.75) is 13.5 Å². The molecule has 0 aliphatic carbocycles. The summed E-state index contributed by atoms with van der Waals surface area (Å²) in [6.45, 7) is 1.99. The predicted molar refractivity (Wildman–Crippen MR) is 143 cm³/mol. The predicted octanol–water partition coefficient (Wildman–Crippen LogP) is 4.90. The van der Waals surface area contributed by atoms with Gasteiger partial charge in [-0.1, -0.05) is 48.8 Å². The number of nitrogens with zero attached hydrogens (tertiary/aromatic N) is 6. The average molecular weight is 511 g/mol. The van der Waals surface area contributed by atoms with Crippen LogP contribution in [0.1, 0.15) is 7.43 Å². The summed E-state index contributed by atoms with van der Waals surface area (Å²) in [5.74, 6) is 0.560. The van der Waals surface area contributed by atoms with Gasteiger partial charge in [0, 0.05) is 41.7 Å². The summed E-state index contributed by atoms with van der Waals surface area (Å²) >= 11 is 12.6. The van der Waals surface area contributed by atoms with Gasteiger partial charge in [0.25, 0.3) is 0 Å². The van der Waals surface area contributed by atoms with E-state index in [2.05, 4.69) is 16.0 Å². The normalized spacial score (nSPS) is 15.9. The Morgan fingerprint density at radius 2 is 1.94 bits per heavy atom. The number of fused-ring (bicyclic) bond motifs is 1. The van der Waals surface area contributed by atoms with Gasteiger partial charge in [-0.2, -0.15) is 5.26 Å². The first-order valence-electron chi connectivity index (χ1n) is 10.8. The van der Waals surface area contributed by atoms with E-state index in [-0.39, 0.29) is 13.3 Å². The Kier molecular flexibility index (Phi) is 8.68. The van der Waals surface area contributed by atoms with Crippen molar-refractivity contribution in [3.8, 4) is 17.2 Å². The van der Waals surface area contributed by atoms with E-state index in [1.807, 2.05) is 66.4 Å². The van der Waals surface area contributed by atoms with E-state index in [0.717, 1.165) is 16.5 Å². The maximum absolute atomic E-state index is 12.7. The van der Waals surface area contributed by atoms with Crippen molar-refractivity contribution in [2.75, 3.05) is 45.2 Å². The molecule has 2 aromatic carbocycles. The van der Waals surface area contributed by atoms with E-state index in [1.165, 1.54) is 6.33 Å². The number of benzene rings is 2. The van der Waals surface area contributed by atoms with Gasteiger partial charge >= 0.3 is 0 Å². The topological polar surface area (TPSA) is 76.4 Å². The molecule has 9 heteroatoms. The smallest absolute Gasteiger partial charge is 0.247 e. The second-order valence-corrected chi connectivity index (χ2v) is 9.18. The van der Waals surface area contributed by atoms with E-state index in [0.29, 0.717) is 47.6 Å². The number of carbonyl (C=O) groups excluding carboxylic acids is 1. The van der Waals surface area contributed by atoms with E-state index < -0.39 is 6.04 Å². The Balaban J connectivity index is 0.00000342. The highest BCUT2D eigenvalue weighted by molar-refractivity contribution is 6.34. The Morgan fingerprint density at radius 1 is 1.20 bits per heavy atom. The van der Waals surface area contributed by atoms with Crippen molar-refractivity contribution in [2.24, 2.45) is 0 Å². The number of likely N-dealkylation sites (N-methyl/N-ethyl adjacent to an activating group) is 1. The number of rotatable bonds is 5. The first-order valence-corrected chi connectivity index (χ1v) is 11.6. The van der Waals surface area contributed by atoms with Gasteiger partial charge in [0.1, 0.15) is 18.2 Å². The molecule has 0 N–H and O–H groups in total. The lowest BCUT2D eigenvalue weighted by Crippen LogP contribution is -2.54. The van der Waals surface area contributed by atoms with Crippen LogP contribution in [0, 0.1) is 11.3 Å². The molecule has 1 aliphatic heterocycles. The van der Waals surface area contributed by atoms with Crippen molar-refractivity contribution in [1.82, 2.24) is 19.8 Å². The molecule has 1 saturated heterocycles. The van der Waals surface area contributed by atoms with Gasteiger partial charge in [-0.25, -0.2) is 9.97 Å². The number of hydrogen-bond acceptors (Lipinski definition) is 6. The summed E-state index contributed by atoms with van der Waals surface area (Å²) in [6.07, 6.45) is 4.85. The van der Waals surface area contributed by atoms with Crippen molar-refractivity contribution in [3.63, 3.8) is 0 Å². The maximum Gasteiger partial charge on any atom is 0.247 e. The molecule has 1 fully saturated rings. The SMILES string of the molecule is C.CN(C)C/C=C/C(=O)N1CCN(c2ncnc3cc(Cl)c(-c4ccc(Cl)cc4)cc23)CC1C#N. The third kappa shape index (κ3) is 5.91. The van der Waals surface area contributed by atoms with Gasteiger partial charge in [0.15, 0.2) is 0 Å². The maximum atomic E-state index is 12.7. The Labute approximate surface area is 216 Å². The summed E-state index contributed by atoms with van der Waals surface area (Å²) in [5.41, 5.74) is 2.49. The molecule has 1 atom stereocenters. The van der Waals surface area contributed by atoms with Gasteiger partial charge in [0.2, 0.25) is 5.91 Å². The Bertz CT molecular complexity index is 1270. The van der Waals surface area contributed by atoms with Crippen LogP contribution in [-0.4, -0.2) is 72.0 Å². The van der Waals surface area contributed by atoms with Gasteiger partial charge in [-0.15, -0.1) is 0 Å². The van der Waals surface area contributed by atoms with Gasteiger partial charge < -0.3 is 14.7 Å². The van der Waals surface area contributed by atoms with E-state index in [9.17, 15) is 10.1 Å². The zero-order valence-corrected chi connectivity index (χ0v) is 20.5. The fourth-order valence-electron chi connectivity index (χ4n) is 3.98. The zero-order chi connectivity index (χ0) is 24.2. The number of aromatic nitrogens is 2. The van der Waals surface area contributed by atoms with E-state index in [4.69, 9.17) is 23.2 Å². The minimum Gasteiger partial charge on any atom is -0.351 e. The molecule has 3 aromatic rings. The summed E-state index contributed by atoms with van der Waals surface area (Å²) < 4.78 is 0. The molecule has 1 aromatic heterocycles. The molecule has 1 amide bonds. The van der Waals surface area contributed by atoms with E-state index >= 15 is 0 Å². The van der Waals surface area contributed by atoms with Crippen LogP contribution in [0.2, 0.25) is 10.0 Å². The number of piperazine rings is 1. The molecule has 2 heterocycles. The number of amides is 1. The third-order valence-corrected chi connectivity index (χ3v) is 6.27. The van der Waals surface area contributed by atoms with Crippen LogP contribution in [0.15, 0.2) is 54.9 Å². The Hall–Kier alpha value is -3.18. The lowest BCUT2D eigenvalue weighted by atomic mass is 10.0. The summed E-state index contributed by atoms with van der Waals surface area (Å²) in [4.78, 5) is 27.2. The molecular formula is C26H28Cl2N6O. The molecule has 1 unspecified atom stereocenters. The fraction of sp³-hybridized carbons (Fsp3) is 0.308. The average Bonchev–Trinajstić information content (AvgIpc) is 2.83. The first kappa shape index (κ1) is 26.4. The van der Waals surface area contributed by atoms with Crippen LogP contribution in [0.3, 0.4) is 0 Å². The molecule has 0 radical (unpaired) electrons. The summed E-state index contributed by atoms with van der Waals surface area (Å²) in [6, 6.07) is 13.0. The molecular weight excluding hydrogens is 483 g/mol. The summed E-state index contributed by atoms with van der Waals surface area (Å²) in [5, 5.41) is 11.8. The fourth-order valence-corrected chi connectivity index (χ4v) is 4.37. The highest BCUT2D eigenvalue weighted by Crippen LogP contribution is 2.35. The lowest BCUT2D eigenvalue weighted by Gasteiger charge is -2.38. The van der Waals surface area contributed by atoms with Gasteiger partial charge in [0.05, 0.1) is 23.2 Å². The third-order valence-electron chi connectivity index (χ3n) is 5.70. The highest BCUT2D eigenvalue weighted by atomic mass is 35.5. The molecule has 7 nitrogen and oxygen atoms in total. The number of carbonyl (C=O) groups is 1. The van der Waals surface area contributed by atoms with Crippen molar-refractivity contribution in [3.05, 3.63) is 64.9 Å². The quantitative estimate of drug-likeness (QED) is 0.454. The minimum absolute atomic E-state index is 0. The van der Waals surface area contributed by atoms with Crippen LogP contribution < -0.4 is 4.90 Å². The molecule has 0 spiro atoms. The zero-order valence-electron chi connectivity index (χ0n) is 18.9. The molecule has 4 rings (SSSR count). The van der Waals surface area contributed by atoms with Gasteiger partial charge in [-0.05, 0) is 43.9 Å². The van der Waals surface area contributed by atoms with Crippen LogP contribution in [0.4, 0.5) is 5.82 Å². The standard InChI is InChI=1S/C25H24Cl2N6O.CH4/c1-31(2)9-3-4-24(34)33-11-10-32(15-19(33)14-28)25-21-12-20(17-5-7-18(26)8-6-17)22(27)13-23(21)29-16-30-25;/h3-8,12-13,16,19H,9-11,15H2,1-2H3;1H4/b4-3+;. The molecule has 0 bridgehead atoms. The number of halogens is 2. The highest BCUT2D eigenvalue weighted by Gasteiger charge is 2.31. The van der Waals surface area contributed by atoms with Crippen LogP contribution in [-0.2, 0) is 4.79 Å². The molecule has 0 saturated carbocycles. The monoisotopic (exact) mass is 510 g/mol. The first-order chi connectivity index (χ1) is 16.4.